The predicted octanol–water partition coefficient (Wildman–Crippen LogP) is 3.89. The Labute approximate surface area is 263 Å². The number of aliphatic hydroxyl groups is 2. The number of carbonyl (C=O) groups excluding carboxylic acids is 1. The van der Waals surface area contributed by atoms with E-state index in [4.69, 9.17) is 33.7 Å². The standard InChI is InChI=1S/C26H30Cl2N8O4S.ClH/c1-14-16(38)9-26(21(14)29)4-7-36(8-5-26)18-11-32-19(12-31-18)41-17-3-6-30-22(20(17)28)34-24-33-10-15(27)23(35-24)40-25(2,39)13-37;/h3,6,10-12,14,21,37,39H,4-5,7-9,13,29H2,1-2H3,(H,30,33,34,35);1H/t14-,21+,25?;/m1./s1. The highest BCUT2D eigenvalue weighted by Gasteiger charge is 2.50. The number of halogens is 3. The van der Waals surface area contributed by atoms with Gasteiger partial charge in [0.2, 0.25) is 17.6 Å². The van der Waals surface area contributed by atoms with Gasteiger partial charge in [0, 0.05) is 49.5 Å². The van der Waals surface area contributed by atoms with Crippen molar-refractivity contribution < 1.29 is 19.7 Å². The van der Waals surface area contributed by atoms with Crippen LogP contribution >= 0.6 is 47.4 Å². The minimum atomic E-state index is -1.88. The van der Waals surface area contributed by atoms with Gasteiger partial charge in [0.25, 0.3) is 0 Å². The number of nitrogens with zero attached hydrogens (tertiary/aromatic N) is 6. The van der Waals surface area contributed by atoms with Crippen LogP contribution in [-0.2, 0) is 4.79 Å². The molecular formula is C26H31Cl3N8O4S. The van der Waals surface area contributed by atoms with Gasteiger partial charge < -0.3 is 30.9 Å². The van der Waals surface area contributed by atoms with Crippen molar-refractivity contribution in [2.45, 2.75) is 54.9 Å². The van der Waals surface area contributed by atoms with E-state index in [1.807, 2.05) is 6.92 Å². The molecule has 4 heterocycles. The summed E-state index contributed by atoms with van der Waals surface area (Å²) in [5, 5.41) is 23.2. The lowest BCUT2D eigenvalue weighted by molar-refractivity contribution is -0.152. The molecule has 226 valence electrons. The molecule has 1 saturated carbocycles. The van der Waals surface area contributed by atoms with E-state index in [1.165, 1.54) is 24.9 Å². The predicted molar refractivity (Wildman–Crippen MR) is 162 cm³/mol. The zero-order chi connectivity index (χ0) is 29.4. The van der Waals surface area contributed by atoms with E-state index in [0.29, 0.717) is 21.4 Å². The monoisotopic (exact) mass is 656 g/mol. The first-order valence-electron chi connectivity index (χ1n) is 13.0. The maximum Gasteiger partial charge on any atom is 0.240 e. The molecule has 0 amide bonds. The van der Waals surface area contributed by atoms with Crippen LogP contribution in [0.3, 0.4) is 0 Å². The van der Waals surface area contributed by atoms with Gasteiger partial charge in [-0.25, -0.2) is 19.9 Å². The van der Waals surface area contributed by atoms with Gasteiger partial charge in [0.15, 0.2) is 5.82 Å². The Morgan fingerprint density at radius 1 is 1.21 bits per heavy atom. The van der Waals surface area contributed by atoms with E-state index in [1.54, 1.807) is 24.7 Å². The van der Waals surface area contributed by atoms with Gasteiger partial charge in [-0.3, -0.25) is 4.79 Å². The minimum absolute atomic E-state index is 0. The molecule has 3 aromatic rings. The molecule has 0 bridgehead atoms. The van der Waals surface area contributed by atoms with Crippen LogP contribution in [0.2, 0.25) is 10.0 Å². The molecule has 5 rings (SSSR count). The number of piperidine rings is 1. The lowest BCUT2D eigenvalue weighted by Crippen LogP contribution is -2.48. The lowest BCUT2D eigenvalue weighted by Gasteiger charge is -2.42. The van der Waals surface area contributed by atoms with Crippen LogP contribution in [0.15, 0.2) is 40.8 Å². The Hall–Kier alpha value is -2.52. The van der Waals surface area contributed by atoms with Crippen LogP contribution in [-0.4, -0.2) is 72.4 Å². The number of ether oxygens (including phenoxy) is 1. The fourth-order valence-corrected chi connectivity index (χ4v) is 6.26. The number of hydrogen-bond donors (Lipinski definition) is 4. The number of hydrogen-bond acceptors (Lipinski definition) is 13. The first-order chi connectivity index (χ1) is 19.5. The van der Waals surface area contributed by atoms with E-state index in [2.05, 4.69) is 35.1 Å². The fourth-order valence-electron chi connectivity index (χ4n) is 5.11. The molecule has 0 aromatic carbocycles. The van der Waals surface area contributed by atoms with Crippen molar-refractivity contribution >= 4 is 70.7 Å². The molecule has 3 atom stereocenters. The summed E-state index contributed by atoms with van der Waals surface area (Å²) in [6, 6.07) is 1.66. The molecule has 12 nitrogen and oxygen atoms in total. The van der Waals surface area contributed by atoms with E-state index < -0.39 is 12.4 Å². The number of pyridine rings is 1. The SMILES string of the molecule is C[C@@H]1C(=O)CC2(CCN(c3cnc(Sc4ccnc(Nc5ncc(Cl)c(OC(C)(O)CO)n5)c4Cl)cn3)CC2)[C@H]1N.Cl. The molecule has 5 N–H and O–H groups in total. The van der Waals surface area contributed by atoms with E-state index in [0.717, 1.165) is 31.7 Å². The number of carbonyl (C=O) groups is 1. The van der Waals surface area contributed by atoms with Crippen molar-refractivity contribution in [2.24, 2.45) is 17.1 Å². The Morgan fingerprint density at radius 2 is 1.95 bits per heavy atom. The van der Waals surface area contributed by atoms with Gasteiger partial charge in [-0.1, -0.05) is 41.9 Å². The molecular weight excluding hydrogens is 627 g/mol. The van der Waals surface area contributed by atoms with Crippen LogP contribution in [0, 0.1) is 11.3 Å². The van der Waals surface area contributed by atoms with Crippen molar-refractivity contribution in [2.75, 3.05) is 29.9 Å². The first kappa shape index (κ1) is 32.4. The number of aromatic nitrogens is 5. The van der Waals surface area contributed by atoms with E-state index >= 15 is 0 Å². The summed E-state index contributed by atoms with van der Waals surface area (Å²) in [5.74, 6) is -0.685. The number of aliphatic hydroxyl groups excluding tert-OH is 1. The quantitative estimate of drug-likeness (QED) is 0.257. The Morgan fingerprint density at radius 3 is 2.57 bits per heavy atom. The molecule has 42 heavy (non-hydrogen) atoms. The third-order valence-electron chi connectivity index (χ3n) is 7.60. The van der Waals surface area contributed by atoms with Crippen LogP contribution in [0.1, 0.15) is 33.1 Å². The Bertz CT molecular complexity index is 1430. The number of rotatable bonds is 8. The molecule has 1 aliphatic heterocycles. The second-order valence-corrected chi connectivity index (χ2v) is 12.3. The number of Topliss-reactive ketones (excluding diaryl/α,β-unsaturated/α-hetero) is 1. The fraction of sp³-hybridized carbons (Fsp3) is 0.462. The Kier molecular flexibility index (Phi) is 10.0. The summed E-state index contributed by atoms with van der Waals surface area (Å²) in [5.41, 5.74) is 6.33. The summed E-state index contributed by atoms with van der Waals surface area (Å²) in [4.78, 5) is 36.8. The minimum Gasteiger partial charge on any atom is -0.442 e. The van der Waals surface area contributed by atoms with Crippen molar-refractivity contribution in [3.63, 3.8) is 0 Å². The first-order valence-corrected chi connectivity index (χ1v) is 14.6. The summed E-state index contributed by atoms with van der Waals surface area (Å²) < 4.78 is 5.27. The van der Waals surface area contributed by atoms with Crippen molar-refractivity contribution in [1.29, 1.82) is 0 Å². The smallest absolute Gasteiger partial charge is 0.240 e. The van der Waals surface area contributed by atoms with Gasteiger partial charge in [-0.2, -0.15) is 4.98 Å². The third-order valence-corrected chi connectivity index (χ3v) is 9.33. The van der Waals surface area contributed by atoms with Crippen LogP contribution in [0.4, 0.5) is 17.6 Å². The van der Waals surface area contributed by atoms with Gasteiger partial charge in [0.05, 0.1) is 23.6 Å². The third kappa shape index (κ3) is 6.83. The zero-order valence-corrected chi connectivity index (χ0v) is 26.0. The number of ketones is 1. The van der Waals surface area contributed by atoms with Crippen LogP contribution in [0.5, 0.6) is 5.88 Å². The highest BCUT2D eigenvalue weighted by molar-refractivity contribution is 7.99. The molecule has 1 saturated heterocycles. The summed E-state index contributed by atoms with van der Waals surface area (Å²) in [7, 11) is 0. The van der Waals surface area contributed by atoms with E-state index in [-0.39, 0.29) is 58.2 Å². The molecule has 0 radical (unpaired) electrons. The maximum atomic E-state index is 12.2. The van der Waals surface area contributed by atoms with Gasteiger partial charge in [0.1, 0.15) is 28.3 Å². The van der Waals surface area contributed by atoms with E-state index in [9.17, 15) is 15.0 Å². The normalized spacial score (nSPS) is 21.1. The molecule has 3 aromatic heterocycles. The van der Waals surface area contributed by atoms with Crippen molar-refractivity contribution in [3.05, 3.63) is 40.9 Å². The lowest BCUT2D eigenvalue weighted by atomic mass is 9.73. The van der Waals surface area contributed by atoms with Crippen LogP contribution < -0.4 is 20.7 Å². The average Bonchev–Trinajstić information content (AvgIpc) is 3.16. The van der Waals surface area contributed by atoms with Crippen molar-refractivity contribution in [3.8, 4) is 5.88 Å². The molecule has 1 aliphatic carbocycles. The van der Waals surface area contributed by atoms with Gasteiger partial charge in [-0.15, -0.1) is 12.4 Å². The highest BCUT2D eigenvalue weighted by atomic mass is 35.5. The summed E-state index contributed by atoms with van der Waals surface area (Å²) in [6.07, 6.45) is 8.58. The number of anilines is 3. The van der Waals surface area contributed by atoms with Crippen LogP contribution in [0.25, 0.3) is 0 Å². The number of nitrogens with one attached hydrogen (secondary N) is 1. The second kappa shape index (κ2) is 13.0. The Balaban J connectivity index is 0.00000405. The van der Waals surface area contributed by atoms with Crippen molar-refractivity contribution in [1.82, 2.24) is 24.9 Å². The molecule has 1 spiro atoms. The molecule has 1 unspecified atom stereocenters. The summed E-state index contributed by atoms with van der Waals surface area (Å²) >= 11 is 14.0. The number of nitrogens with two attached hydrogens (primary N) is 1. The maximum absolute atomic E-state index is 12.2. The summed E-state index contributed by atoms with van der Waals surface area (Å²) in [6.45, 7) is 4.09. The largest absolute Gasteiger partial charge is 0.442 e. The topological polar surface area (TPSA) is 173 Å². The molecule has 2 aliphatic rings. The average molecular weight is 658 g/mol. The van der Waals surface area contributed by atoms with Gasteiger partial charge in [-0.05, 0) is 24.3 Å². The zero-order valence-electron chi connectivity index (χ0n) is 22.8. The highest BCUT2D eigenvalue weighted by Crippen LogP contribution is 2.46. The second-order valence-electron chi connectivity index (χ2n) is 10.5. The van der Waals surface area contributed by atoms with Gasteiger partial charge >= 0.3 is 0 Å². The molecule has 2 fully saturated rings. The molecule has 16 heteroatoms.